The molecule has 1 saturated heterocycles. The van der Waals surface area contributed by atoms with Gasteiger partial charge < -0.3 is 25.7 Å². The maximum atomic E-state index is 11.0. The van der Waals surface area contributed by atoms with Crippen molar-refractivity contribution in [3.05, 3.63) is 53.7 Å². The molecule has 1 aliphatic heterocycles. The summed E-state index contributed by atoms with van der Waals surface area (Å²) in [6, 6.07) is 10.9. The number of hydrogen-bond acceptors (Lipinski definition) is 8. The van der Waals surface area contributed by atoms with Crippen molar-refractivity contribution in [3.63, 3.8) is 0 Å². The normalized spacial score (nSPS) is 27.0. The third kappa shape index (κ3) is 5.34. The van der Waals surface area contributed by atoms with E-state index < -0.39 is 24.4 Å². The molecule has 0 spiro atoms. The number of aromatic nitrogens is 5. The molecule has 10 heteroatoms. The fourth-order valence-corrected chi connectivity index (χ4v) is 6.52. The quantitative estimate of drug-likeness (QED) is 0.255. The molecular formula is C31H43N7O3. The number of aliphatic hydroxyl groups excluding tert-OH is 2. The molecule has 3 aromatic heterocycles. The van der Waals surface area contributed by atoms with Crippen LogP contribution in [-0.4, -0.2) is 76.6 Å². The molecule has 2 aliphatic rings. The summed E-state index contributed by atoms with van der Waals surface area (Å²) in [4.78, 5) is 14.8. The largest absolute Gasteiger partial charge is 0.388 e. The van der Waals surface area contributed by atoms with Gasteiger partial charge in [0.25, 0.3) is 0 Å². The minimum atomic E-state index is -1.05. The summed E-state index contributed by atoms with van der Waals surface area (Å²) in [7, 11) is 0. The minimum Gasteiger partial charge on any atom is -0.388 e. The lowest BCUT2D eigenvalue weighted by molar-refractivity contribution is -0.0445. The second-order valence-corrected chi connectivity index (χ2v) is 13.3. The van der Waals surface area contributed by atoms with Gasteiger partial charge in [-0.05, 0) is 74.3 Å². The molecule has 220 valence electrons. The average Bonchev–Trinajstić information content (AvgIpc) is 3.58. The lowest BCUT2D eigenvalue weighted by atomic mass is 9.76. The Hall–Kier alpha value is -3.05. The first kappa shape index (κ1) is 28.1. The van der Waals surface area contributed by atoms with Gasteiger partial charge in [-0.2, -0.15) is 5.10 Å². The third-order valence-electron chi connectivity index (χ3n) is 9.09. The summed E-state index contributed by atoms with van der Waals surface area (Å²) in [5, 5.41) is 26.2. The second-order valence-electron chi connectivity index (χ2n) is 13.3. The fourth-order valence-electron chi connectivity index (χ4n) is 6.52. The molecule has 1 saturated carbocycles. The van der Waals surface area contributed by atoms with E-state index in [1.54, 1.807) is 4.52 Å². The highest BCUT2D eigenvalue weighted by Gasteiger charge is 2.46. The zero-order chi connectivity index (χ0) is 29.1. The number of nitrogens with two attached hydrogens (primary N) is 1. The highest BCUT2D eigenvalue weighted by Crippen LogP contribution is 2.39. The van der Waals surface area contributed by atoms with Gasteiger partial charge in [0.05, 0.1) is 22.8 Å². The van der Waals surface area contributed by atoms with E-state index in [1.165, 1.54) is 11.9 Å². The Kier molecular flexibility index (Phi) is 7.30. The average molecular weight is 562 g/mol. The monoisotopic (exact) mass is 561 g/mol. The Morgan fingerprint density at radius 2 is 1.93 bits per heavy atom. The molecule has 4 heterocycles. The maximum absolute atomic E-state index is 11.0. The zero-order valence-corrected chi connectivity index (χ0v) is 24.7. The van der Waals surface area contributed by atoms with E-state index in [4.69, 9.17) is 15.5 Å². The Balaban J connectivity index is 1.06. The first-order chi connectivity index (χ1) is 19.5. The van der Waals surface area contributed by atoms with Gasteiger partial charge in [0.2, 0.25) is 0 Å². The van der Waals surface area contributed by atoms with Crippen molar-refractivity contribution in [2.75, 3.05) is 12.3 Å². The standard InChI is InChI=1S/C31H43N7O3/c1-17(2)37(15-25-27(39)28(40)29(41-25)23-9-10-24-30(32)33-16-34-38(23)24)20-12-18(13-20)6-11-26-35-21-8-7-19(31(3,4)5)14-22(21)36-26/h7-10,14,16-18,20,25,27-29,39-40H,6,11-13,15H2,1-5H3,(H,35,36)(H2,32,33,34)/t18?,20?,25-,27-,28-,29+/m1/s1. The molecule has 0 radical (unpaired) electrons. The number of nitrogens with one attached hydrogen (secondary N) is 1. The summed E-state index contributed by atoms with van der Waals surface area (Å²) in [5.74, 6) is 2.06. The van der Waals surface area contributed by atoms with Crippen LogP contribution in [0.4, 0.5) is 5.82 Å². The number of aryl methyl sites for hydroxylation is 1. The van der Waals surface area contributed by atoms with E-state index in [-0.39, 0.29) is 5.41 Å². The van der Waals surface area contributed by atoms with Crippen LogP contribution in [0.2, 0.25) is 0 Å². The predicted molar refractivity (Wildman–Crippen MR) is 158 cm³/mol. The third-order valence-corrected chi connectivity index (χ3v) is 9.09. The van der Waals surface area contributed by atoms with Gasteiger partial charge in [-0.25, -0.2) is 14.5 Å². The number of aliphatic hydroxyl groups is 2. The van der Waals surface area contributed by atoms with Crippen LogP contribution in [0.1, 0.15) is 77.1 Å². The number of anilines is 1. The fraction of sp³-hybridized carbons (Fsp3) is 0.581. The Morgan fingerprint density at radius 3 is 2.66 bits per heavy atom. The van der Waals surface area contributed by atoms with Crippen molar-refractivity contribution in [1.29, 1.82) is 0 Å². The summed E-state index contributed by atoms with van der Waals surface area (Å²) >= 11 is 0. The van der Waals surface area contributed by atoms with Crippen LogP contribution in [0.25, 0.3) is 16.6 Å². The number of H-pyrrole nitrogens is 1. The van der Waals surface area contributed by atoms with Crippen molar-refractivity contribution in [2.24, 2.45) is 5.92 Å². The molecule has 0 amide bonds. The van der Waals surface area contributed by atoms with E-state index in [9.17, 15) is 10.2 Å². The molecule has 4 aromatic rings. The number of nitrogen functional groups attached to an aromatic ring is 1. The molecule has 1 aliphatic carbocycles. The van der Waals surface area contributed by atoms with Gasteiger partial charge in [0.15, 0.2) is 5.82 Å². The summed E-state index contributed by atoms with van der Waals surface area (Å²) in [6.45, 7) is 11.6. The Bertz CT molecular complexity index is 1520. The number of benzene rings is 1. The molecule has 5 N–H and O–H groups in total. The first-order valence-electron chi connectivity index (χ1n) is 14.8. The number of fused-ring (bicyclic) bond motifs is 2. The van der Waals surface area contributed by atoms with Crippen LogP contribution in [0.3, 0.4) is 0 Å². The van der Waals surface area contributed by atoms with E-state index in [2.05, 4.69) is 72.8 Å². The van der Waals surface area contributed by atoms with Gasteiger partial charge >= 0.3 is 0 Å². The highest BCUT2D eigenvalue weighted by molar-refractivity contribution is 5.76. The van der Waals surface area contributed by atoms with Crippen LogP contribution >= 0.6 is 0 Å². The van der Waals surface area contributed by atoms with Crippen LogP contribution in [0.5, 0.6) is 0 Å². The molecule has 1 aromatic carbocycles. The number of aromatic amines is 1. The predicted octanol–water partition coefficient (Wildman–Crippen LogP) is 3.77. The molecular weight excluding hydrogens is 518 g/mol. The molecule has 41 heavy (non-hydrogen) atoms. The second kappa shape index (κ2) is 10.7. The maximum Gasteiger partial charge on any atom is 0.151 e. The SMILES string of the molecule is CC(C)N(C[C@H]1O[C@@H](c2ccc3c(N)ncnn23)[C@H](O)[C@@H]1O)C1CC(CCc2nc3ccc(C(C)(C)C)cc3[nH]2)C1. The lowest BCUT2D eigenvalue weighted by Gasteiger charge is -2.46. The van der Waals surface area contributed by atoms with Crippen LogP contribution in [-0.2, 0) is 16.6 Å². The van der Waals surface area contributed by atoms with Crippen molar-refractivity contribution in [1.82, 2.24) is 29.5 Å². The van der Waals surface area contributed by atoms with Gasteiger partial charge in [-0.1, -0.05) is 26.8 Å². The van der Waals surface area contributed by atoms with E-state index >= 15 is 0 Å². The van der Waals surface area contributed by atoms with Crippen molar-refractivity contribution < 1.29 is 14.9 Å². The topological polar surface area (TPSA) is 138 Å². The molecule has 0 bridgehead atoms. The van der Waals surface area contributed by atoms with Crippen molar-refractivity contribution >= 4 is 22.4 Å². The van der Waals surface area contributed by atoms with E-state index in [0.29, 0.717) is 41.6 Å². The number of nitrogens with zero attached hydrogens (tertiary/aromatic N) is 5. The first-order valence-corrected chi connectivity index (χ1v) is 14.8. The van der Waals surface area contributed by atoms with Crippen molar-refractivity contribution in [3.8, 4) is 0 Å². The minimum absolute atomic E-state index is 0.113. The number of hydrogen-bond donors (Lipinski definition) is 4. The van der Waals surface area contributed by atoms with Gasteiger partial charge in [-0.3, -0.25) is 4.90 Å². The summed E-state index contributed by atoms with van der Waals surface area (Å²) < 4.78 is 7.92. The molecule has 4 atom stereocenters. The van der Waals surface area contributed by atoms with Gasteiger partial charge in [0, 0.05) is 25.0 Å². The smallest absolute Gasteiger partial charge is 0.151 e. The summed E-state index contributed by atoms with van der Waals surface area (Å²) in [6.07, 6.45) is 2.40. The lowest BCUT2D eigenvalue weighted by Crippen LogP contribution is -2.52. The zero-order valence-electron chi connectivity index (χ0n) is 24.7. The molecule has 2 fully saturated rings. The molecule has 0 unspecified atom stereocenters. The number of ether oxygens (including phenoxy) is 1. The number of rotatable bonds is 8. The van der Waals surface area contributed by atoms with Crippen LogP contribution in [0.15, 0.2) is 36.7 Å². The summed E-state index contributed by atoms with van der Waals surface area (Å²) in [5.41, 5.74) is 10.9. The Labute approximate surface area is 240 Å². The van der Waals surface area contributed by atoms with Gasteiger partial charge in [-0.15, -0.1) is 0 Å². The van der Waals surface area contributed by atoms with Crippen molar-refractivity contribution in [2.45, 2.75) is 102 Å². The molecule has 10 nitrogen and oxygen atoms in total. The van der Waals surface area contributed by atoms with Crippen LogP contribution in [0, 0.1) is 5.92 Å². The number of imidazole rings is 1. The van der Waals surface area contributed by atoms with Gasteiger partial charge in [0.1, 0.15) is 36.0 Å². The van der Waals surface area contributed by atoms with E-state index in [1.807, 2.05) is 12.1 Å². The Morgan fingerprint density at radius 1 is 1.15 bits per heavy atom. The highest BCUT2D eigenvalue weighted by atomic mass is 16.5. The van der Waals surface area contributed by atoms with Crippen LogP contribution < -0.4 is 5.73 Å². The van der Waals surface area contributed by atoms with E-state index in [0.717, 1.165) is 42.5 Å². The molecule has 6 rings (SSSR count).